The maximum Gasteiger partial charge on any atom is 0.183 e. The zero-order chi connectivity index (χ0) is 23.8. The molecule has 0 amide bonds. The van der Waals surface area contributed by atoms with E-state index in [9.17, 15) is 14.4 Å². The fourth-order valence-electron chi connectivity index (χ4n) is 10.6. The van der Waals surface area contributed by atoms with Gasteiger partial charge in [0.25, 0.3) is 0 Å². The topological polar surface area (TPSA) is 60.4 Å². The van der Waals surface area contributed by atoms with Crippen LogP contribution in [0.2, 0.25) is 0 Å². The molecule has 33 heavy (non-hydrogen) atoms. The fourth-order valence-corrected chi connectivity index (χ4v) is 10.6. The molecular formula is C29H34O4. The molecule has 6 aliphatic rings. The molecule has 0 aliphatic heterocycles. The van der Waals surface area contributed by atoms with Gasteiger partial charge in [-0.25, -0.2) is 0 Å². The number of methoxy groups -OCH3 is 1. The second-order valence-electron chi connectivity index (χ2n) is 12.6. The van der Waals surface area contributed by atoms with E-state index in [2.05, 4.69) is 34.3 Å². The van der Waals surface area contributed by atoms with Crippen LogP contribution in [0.5, 0.6) is 0 Å². The number of Topliss-reactive ketones (excluding diaryl/α,β-unsaturated/α-hetero) is 3. The van der Waals surface area contributed by atoms with Crippen molar-refractivity contribution in [1.82, 2.24) is 0 Å². The van der Waals surface area contributed by atoms with Gasteiger partial charge >= 0.3 is 0 Å². The normalized spacial score (nSPS) is 48.3. The lowest BCUT2D eigenvalue weighted by atomic mass is 9.35. The third kappa shape index (κ3) is 1.77. The molecule has 4 heteroatoms. The molecule has 7 atom stereocenters. The van der Waals surface area contributed by atoms with E-state index in [1.54, 1.807) is 19.2 Å². The Balaban J connectivity index is 1.69. The molecule has 0 N–H and O–H groups in total. The summed E-state index contributed by atoms with van der Waals surface area (Å²) in [4.78, 5) is 43.7. The van der Waals surface area contributed by atoms with Crippen molar-refractivity contribution in [3.05, 3.63) is 48.0 Å². The standard InChI is InChI=1S/C29H34O4/c1-17(2)19-14-28-20(24(19,3)4)15-26-13-12-25(5,29(26,28)33-6)16-27(22(26)31,23(28)32)21(30)18-10-8-7-9-11-18/h7-11,19-20H,1,12-16H2,2-6H3/t19-,20-,25?,26?,27?,28?,29?/m0/s1. The summed E-state index contributed by atoms with van der Waals surface area (Å²) in [6, 6.07) is 8.97. The SMILES string of the molecule is C=C(C)[C@@H]1CC23C(=O)C4(C(=O)c5ccccc5)CC5(C)CCC(C[C@H]2C1(C)C)(C4=O)C53OC. The smallest absolute Gasteiger partial charge is 0.183 e. The predicted octanol–water partition coefficient (Wildman–Crippen LogP) is 5.21. The Morgan fingerprint density at radius 2 is 1.70 bits per heavy atom. The molecule has 4 nitrogen and oxygen atoms in total. The maximum absolute atomic E-state index is 14.9. The minimum atomic E-state index is -1.60. The summed E-state index contributed by atoms with van der Waals surface area (Å²) in [6.07, 6.45) is 3.06. The van der Waals surface area contributed by atoms with Crippen LogP contribution in [0, 0.1) is 38.9 Å². The van der Waals surface area contributed by atoms with E-state index >= 15 is 0 Å². The van der Waals surface area contributed by atoms with Crippen LogP contribution in [0.4, 0.5) is 0 Å². The molecule has 0 aromatic heterocycles. The van der Waals surface area contributed by atoms with Gasteiger partial charge in [0.2, 0.25) is 0 Å². The van der Waals surface area contributed by atoms with Gasteiger partial charge in [-0.05, 0) is 56.3 Å². The molecular weight excluding hydrogens is 412 g/mol. The zero-order valence-corrected chi connectivity index (χ0v) is 20.4. The summed E-state index contributed by atoms with van der Waals surface area (Å²) >= 11 is 0. The van der Waals surface area contributed by atoms with Crippen molar-refractivity contribution in [3.8, 4) is 0 Å². The number of carbonyl (C=O) groups excluding carboxylic acids is 3. The van der Waals surface area contributed by atoms with Crippen LogP contribution < -0.4 is 0 Å². The molecule has 0 radical (unpaired) electrons. The summed E-state index contributed by atoms with van der Waals surface area (Å²) in [5.41, 5.74) is -3.10. The number of allylic oxidation sites excluding steroid dienone is 1. The van der Waals surface area contributed by atoms with Gasteiger partial charge in [-0.3, -0.25) is 14.4 Å². The summed E-state index contributed by atoms with van der Waals surface area (Å²) in [7, 11) is 1.71. The number of carbonyl (C=O) groups is 3. The van der Waals surface area contributed by atoms with Crippen LogP contribution in [-0.4, -0.2) is 30.1 Å². The molecule has 5 bridgehead atoms. The average molecular weight is 447 g/mol. The molecule has 174 valence electrons. The second kappa shape index (κ2) is 5.76. The Morgan fingerprint density at radius 3 is 2.30 bits per heavy atom. The number of hydrogen-bond acceptors (Lipinski definition) is 4. The number of benzene rings is 1. The Hall–Kier alpha value is -2.07. The third-order valence-electron chi connectivity index (χ3n) is 11.3. The minimum absolute atomic E-state index is 0.00604. The first-order valence-corrected chi connectivity index (χ1v) is 12.3. The van der Waals surface area contributed by atoms with Crippen LogP contribution in [0.25, 0.3) is 0 Å². The van der Waals surface area contributed by atoms with Crippen LogP contribution in [0.15, 0.2) is 42.5 Å². The summed E-state index contributed by atoms with van der Waals surface area (Å²) < 4.78 is 6.55. The molecule has 7 rings (SSSR count). The molecule has 0 heterocycles. The Bertz CT molecular complexity index is 1150. The Kier molecular flexibility index (Phi) is 3.75. The van der Waals surface area contributed by atoms with Crippen LogP contribution in [0.3, 0.4) is 0 Å². The highest BCUT2D eigenvalue weighted by molar-refractivity contribution is 6.34. The first kappa shape index (κ1) is 21.5. The van der Waals surface area contributed by atoms with Crippen molar-refractivity contribution < 1.29 is 19.1 Å². The molecule has 6 saturated carbocycles. The van der Waals surface area contributed by atoms with Crippen LogP contribution >= 0.6 is 0 Å². The first-order chi connectivity index (χ1) is 15.4. The summed E-state index contributed by atoms with van der Waals surface area (Å²) in [5.74, 6) is -0.444. The van der Waals surface area contributed by atoms with Crippen molar-refractivity contribution in [2.75, 3.05) is 7.11 Å². The van der Waals surface area contributed by atoms with Gasteiger partial charge in [0.1, 0.15) is 0 Å². The Morgan fingerprint density at radius 1 is 1.03 bits per heavy atom. The van der Waals surface area contributed by atoms with E-state index in [-0.39, 0.29) is 41.0 Å². The lowest BCUT2D eigenvalue weighted by Crippen LogP contribution is -2.80. The number of rotatable bonds is 4. The van der Waals surface area contributed by atoms with Gasteiger partial charge in [-0.1, -0.05) is 63.3 Å². The molecule has 6 fully saturated rings. The molecule has 1 spiro atoms. The average Bonchev–Trinajstić information content (AvgIpc) is 3.26. The van der Waals surface area contributed by atoms with Crippen LogP contribution in [-0.2, 0) is 14.3 Å². The molecule has 1 aromatic carbocycles. The quantitative estimate of drug-likeness (QED) is 0.362. The van der Waals surface area contributed by atoms with Gasteiger partial charge in [0, 0.05) is 18.1 Å². The maximum atomic E-state index is 14.9. The first-order valence-electron chi connectivity index (χ1n) is 12.3. The summed E-state index contributed by atoms with van der Waals surface area (Å²) in [5, 5.41) is 0. The number of ketones is 3. The van der Waals surface area contributed by atoms with E-state index < -0.39 is 27.3 Å². The zero-order valence-electron chi connectivity index (χ0n) is 20.4. The van der Waals surface area contributed by atoms with Gasteiger partial charge in [0.15, 0.2) is 22.8 Å². The highest BCUT2D eigenvalue weighted by Crippen LogP contribution is 2.89. The fraction of sp³-hybridized carbons (Fsp3) is 0.621. The van der Waals surface area contributed by atoms with E-state index in [4.69, 9.17) is 4.74 Å². The Labute approximate surface area is 196 Å². The van der Waals surface area contributed by atoms with Crippen molar-refractivity contribution >= 4 is 17.3 Å². The molecule has 1 aromatic rings. The largest absolute Gasteiger partial charge is 0.376 e. The van der Waals surface area contributed by atoms with Gasteiger partial charge in [-0.2, -0.15) is 0 Å². The highest BCUT2D eigenvalue weighted by atomic mass is 16.5. The van der Waals surface area contributed by atoms with E-state index in [1.165, 1.54) is 0 Å². The minimum Gasteiger partial charge on any atom is -0.376 e. The summed E-state index contributed by atoms with van der Waals surface area (Å²) in [6.45, 7) is 13.0. The van der Waals surface area contributed by atoms with Crippen molar-refractivity contribution in [2.45, 2.75) is 65.4 Å². The molecule has 0 saturated heterocycles. The lowest BCUT2D eigenvalue weighted by Gasteiger charge is -2.67. The van der Waals surface area contributed by atoms with Crippen molar-refractivity contribution in [1.29, 1.82) is 0 Å². The number of ether oxygens (including phenoxy) is 1. The van der Waals surface area contributed by atoms with E-state index in [0.717, 1.165) is 12.0 Å². The van der Waals surface area contributed by atoms with Crippen molar-refractivity contribution in [2.24, 2.45) is 38.9 Å². The highest BCUT2D eigenvalue weighted by Gasteiger charge is 2.97. The second-order valence-corrected chi connectivity index (χ2v) is 12.6. The van der Waals surface area contributed by atoms with Gasteiger partial charge < -0.3 is 4.74 Å². The van der Waals surface area contributed by atoms with E-state index in [0.29, 0.717) is 24.8 Å². The third-order valence-corrected chi connectivity index (χ3v) is 11.3. The molecule has 5 unspecified atom stereocenters. The monoisotopic (exact) mass is 446 g/mol. The van der Waals surface area contributed by atoms with Gasteiger partial charge in [-0.15, -0.1) is 0 Å². The number of hydrogen-bond donors (Lipinski definition) is 0. The lowest BCUT2D eigenvalue weighted by molar-refractivity contribution is -0.250. The van der Waals surface area contributed by atoms with Gasteiger partial charge in [0.05, 0.1) is 16.4 Å². The predicted molar refractivity (Wildman–Crippen MR) is 125 cm³/mol. The molecule has 6 aliphatic carbocycles. The van der Waals surface area contributed by atoms with Crippen LogP contribution in [0.1, 0.15) is 70.2 Å². The van der Waals surface area contributed by atoms with Crippen molar-refractivity contribution in [3.63, 3.8) is 0 Å². The van der Waals surface area contributed by atoms with E-state index in [1.807, 2.05) is 18.2 Å².